The summed E-state index contributed by atoms with van der Waals surface area (Å²) in [6, 6.07) is 12.8. The predicted octanol–water partition coefficient (Wildman–Crippen LogP) is 2.96. The molecule has 3 aromatic rings. The minimum absolute atomic E-state index is 0.106. The Balaban J connectivity index is 1.57. The Bertz CT molecular complexity index is 797. The van der Waals surface area contributed by atoms with Gasteiger partial charge in [-0.1, -0.05) is 18.2 Å². The Morgan fingerprint density at radius 2 is 2.08 bits per heavy atom. The molecule has 0 aliphatic carbocycles. The molecule has 0 unspecified atom stereocenters. The first-order chi connectivity index (χ1) is 11.5. The van der Waals surface area contributed by atoms with Crippen LogP contribution in [0.1, 0.15) is 12.5 Å². The van der Waals surface area contributed by atoms with Crippen LogP contribution in [-0.4, -0.2) is 27.5 Å². The van der Waals surface area contributed by atoms with Crippen molar-refractivity contribution in [2.24, 2.45) is 0 Å². The molecule has 3 N–H and O–H groups in total. The van der Waals surface area contributed by atoms with Crippen LogP contribution < -0.4 is 10.6 Å². The summed E-state index contributed by atoms with van der Waals surface area (Å²) in [5.74, 6) is 0.437. The summed E-state index contributed by atoms with van der Waals surface area (Å²) in [5, 5.41) is 23.8. The molecule has 1 aromatic carbocycles. The monoisotopic (exact) mass is 342 g/mol. The molecule has 0 fully saturated rings. The molecule has 0 saturated carbocycles. The number of hydrogen-bond donors (Lipinski definition) is 3. The molecule has 2 aromatic heterocycles. The Kier molecular flexibility index (Phi) is 4.64. The van der Waals surface area contributed by atoms with Crippen molar-refractivity contribution in [3.63, 3.8) is 0 Å². The summed E-state index contributed by atoms with van der Waals surface area (Å²) in [7, 11) is 0. The number of para-hydroxylation sites is 1. The molecule has 7 heteroatoms. The minimum Gasteiger partial charge on any atom is -0.384 e. The number of urea groups is 1. The summed E-state index contributed by atoms with van der Waals surface area (Å²) in [6.07, 6.45) is 1.77. The van der Waals surface area contributed by atoms with Crippen LogP contribution in [0.25, 0.3) is 5.69 Å². The third-order valence-electron chi connectivity index (χ3n) is 3.59. The van der Waals surface area contributed by atoms with Crippen LogP contribution in [0.3, 0.4) is 0 Å². The van der Waals surface area contributed by atoms with Gasteiger partial charge < -0.3 is 10.4 Å². The molecule has 0 saturated heterocycles. The van der Waals surface area contributed by atoms with Crippen molar-refractivity contribution in [3.05, 3.63) is 65.0 Å². The van der Waals surface area contributed by atoms with E-state index in [0.29, 0.717) is 5.82 Å². The second kappa shape index (κ2) is 6.86. The lowest BCUT2D eigenvalue weighted by Gasteiger charge is -2.22. The molecule has 3 rings (SSSR count). The largest absolute Gasteiger partial charge is 0.384 e. The van der Waals surface area contributed by atoms with Gasteiger partial charge >= 0.3 is 6.03 Å². The average Bonchev–Trinajstić information content (AvgIpc) is 3.26. The molecular weight excluding hydrogens is 324 g/mol. The average molecular weight is 342 g/mol. The van der Waals surface area contributed by atoms with Crippen molar-refractivity contribution in [1.29, 1.82) is 0 Å². The highest BCUT2D eigenvalue weighted by Gasteiger charge is 2.24. The molecule has 0 bridgehead atoms. The first-order valence-electron chi connectivity index (χ1n) is 7.46. The van der Waals surface area contributed by atoms with Gasteiger partial charge in [0, 0.05) is 12.3 Å². The zero-order chi connectivity index (χ0) is 17.0. The van der Waals surface area contributed by atoms with Crippen molar-refractivity contribution in [1.82, 2.24) is 15.1 Å². The van der Waals surface area contributed by atoms with Crippen LogP contribution in [0, 0.1) is 0 Å². The van der Waals surface area contributed by atoms with E-state index in [1.807, 2.05) is 47.2 Å². The third-order valence-corrected chi connectivity index (χ3v) is 4.27. The molecule has 2 heterocycles. The molecule has 24 heavy (non-hydrogen) atoms. The van der Waals surface area contributed by atoms with Gasteiger partial charge in [0.1, 0.15) is 5.60 Å². The standard InChI is InChI=1S/C17H18N4O2S/c1-17(23,13-8-10-24-11-13)12-18-16(22)19-15-7-9-21(20-15)14-5-3-2-4-6-14/h2-11,23H,12H2,1H3,(H2,18,19,20,22)/t17-/m1/s1. The van der Waals surface area contributed by atoms with E-state index in [-0.39, 0.29) is 6.54 Å². The Labute approximate surface area is 143 Å². The van der Waals surface area contributed by atoms with E-state index >= 15 is 0 Å². The van der Waals surface area contributed by atoms with Crippen LogP contribution in [-0.2, 0) is 5.60 Å². The fourth-order valence-corrected chi connectivity index (χ4v) is 2.98. The van der Waals surface area contributed by atoms with Crippen molar-refractivity contribution in [2.75, 3.05) is 11.9 Å². The summed E-state index contributed by atoms with van der Waals surface area (Å²) in [6.45, 7) is 1.77. The quantitative estimate of drug-likeness (QED) is 0.667. The van der Waals surface area contributed by atoms with Gasteiger partial charge in [-0.25, -0.2) is 9.48 Å². The zero-order valence-corrected chi connectivity index (χ0v) is 14.0. The Morgan fingerprint density at radius 1 is 1.29 bits per heavy atom. The van der Waals surface area contributed by atoms with Crippen molar-refractivity contribution in [3.8, 4) is 5.69 Å². The number of carbonyl (C=O) groups is 1. The van der Waals surface area contributed by atoms with Gasteiger partial charge in [-0.2, -0.15) is 11.3 Å². The molecular formula is C17H18N4O2S. The normalized spacial score (nSPS) is 13.2. The van der Waals surface area contributed by atoms with Gasteiger partial charge in [-0.15, -0.1) is 5.10 Å². The number of nitrogens with zero attached hydrogens (tertiary/aromatic N) is 2. The van der Waals surface area contributed by atoms with Gasteiger partial charge in [0.05, 0.1) is 12.2 Å². The minimum atomic E-state index is -1.11. The van der Waals surface area contributed by atoms with Gasteiger partial charge in [0.25, 0.3) is 0 Å². The molecule has 6 nitrogen and oxygen atoms in total. The molecule has 124 valence electrons. The summed E-state index contributed by atoms with van der Waals surface area (Å²) in [4.78, 5) is 12.0. The highest BCUT2D eigenvalue weighted by Crippen LogP contribution is 2.22. The second-order valence-corrected chi connectivity index (χ2v) is 6.35. The number of amides is 2. The van der Waals surface area contributed by atoms with Crippen LogP contribution >= 0.6 is 11.3 Å². The number of thiophene rings is 1. The fraction of sp³-hybridized carbons (Fsp3) is 0.176. The fourth-order valence-electron chi connectivity index (χ4n) is 2.20. The lowest BCUT2D eigenvalue weighted by atomic mass is 9.99. The van der Waals surface area contributed by atoms with Crippen LogP contribution in [0.2, 0.25) is 0 Å². The Hall–Kier alpha value is -2.64. The maximum Gasteiger partial charge on any atom is 0.320 e. The van der Waals surface area contributed by atoms with Gasteiger partial charge in [0.2, 0.25) is 0 Å². The number of rotatable bonds is 5. The van der Waals surface area contributed by atoms with Crippen LogP contribution in [0.15, 0.2) is 59.4 Å². The number of anilines is 1. The summed E-state index contributed by atoms with van der Waals surface area (Å²) in [5.41, 5.74) is 0.577. The number of benzene rings is 1. The van der Waals surface area contributed by atoms with Crippen LogP contribution in [0.5, 0.6) is 0 Å². The van der Waals surface area contributed by atoms with Crippen molar-refractivity contribution < 1.29 is 9.90 Å². The summed E-state index contributed by atoms with van der Waals surface area (Å²) < 4.78 is 1.68. The molecule has 0 spiro atoms. The van der Waals surface area contributed by atoms with Crippen molar-refractivity contribution in [2.45, 2.75) is 12.5 Å². The zero-order valence-electron chi connectivity index (χ0n) is 13.1. The maximum atomic E-state index is 12.0. The topological polar surface area (TPSA) is 79.2 Å². The summed E-state index contributed by atoms with van der Waals surface area (Å²) >= 11 is 1.50. The van der Waals surface area contributed by atoms with E-state index in [1.165, 1.54) is 11.3 Å². The number of carbonyl (C=O) groups excluding carboxylic acids is 1. The van der Waals surface area contributed by atoms with Gasteiger partial charge in [-0.05, 0) is 41.4 Å². The molecule has 0 aliphatic heterocycles. The van der Waals surface area contributed by atoms with E-state index in [4.69, 9.17) is 0 Å². The number of hydrogen-bond acceptors (Lipinski definition) is 4. The lowest BCUT2D eigenvalue weighted by Crippen LogP contribution is -2.40. The van der Waals surface area contributed by atoms with Gasteiger partial charge in [0.15, 0.2) is 5.82 Å². The smallest absolute Gasteiger partial charge is 0.320 e. The molecule has 2 amide bonds. The SMILES string of the molecule is C[C@@](O)(CNC(=O)Nc1ccn(-c2ccccc2)n1)c1ccsc1. The number of aromatic nitrogens is 2. The number of nitrogens with one attached hydrogen (secondary N) is 2. The Morgan fingerprint density at radius 3 is 2.79 bits per heavy atom. The molecule has 0 aliphatic rings. The molecule has 0 radical (unpaired) electrons. The first kappa shape index (κ1) is 16.2. The highest BCUT2D eigenvalue weighted by atomic mass is 32.1. The van der Waals surface area contributed by atoms with Gasteiger partial charge in [-0.3, -0.25) is 5.32 Å². The number of aliphatic hydroxyl groups is 1. The van der Waals surface area contributed by atoms with E-state index in [0.717, 1.165) is 11.3 Å². The van der Waals surface area contributed by atoms with Crippen molar-refractivity contribution >= 4 is 23.2 Å². The second-order valence-electron chi connectivity index (χ2n) is 5.57. The van der Waals surface area contributed by atoms with E-state index in [1.54, 1.807) is 23.9 Å². The lowest BCUT2D eigenvalue weighted by molar-refractivity contribution is 0.0604. The maximum absolute atomic E-state index is 12.0. The highest BCUT2D eigenvalue weighted by molar-refractivity contribution is 7.08. The van der Waals surface area contributed by atoms with Crippen LogP contribution in [0.4, 0.5) is 10.6 Å². The third kappa shape index (κ3) is 3.81. The van der Waals surface area contributed by atoms with E-state index in [9.17, 15) is 9.90 Å². The predicted molar refractivity (Wildman–Crippen MR) is 94.5 cm³/mol. The van der Waals surface area contributed by atoms with E-state index in [2.05, 4.69) is 15.7 Å². The van der Waals surface area contributed by atoms with E-state index < -0.39 is 11.6 Å². The first-order valence-corrected chi connectivity index (χ1v) is 8.40. The molecule has 1 atom stereocenters.